The topological polar surface area (TPSA) is 38.7 Å². The Labute approximate surface area is 131 Å². The summed E-state index contributed by atoms with van der Waals surface area (Å²) < 4.78 is 5.95. The molecule has 2 rings (SSSR count). The third-order valence-electron chi connectivity index (χ3n) is 3.51. The predicted molar refractivity (Wildman–Crippen MR) is 88.2 cm³/mol. The highest BCUT2D eigenvalue weighted by Gasteiger charge is 2.06. The van der Waals surface area contributed by atoms with Crippen molar-refractivity contribution in [1.29, 1.82) is 0 Å². The van der Waals surface area contributed by atoms with E-state index >= 15 is 0 Å². The number of aliphatic imine (C=N–C) groups is 1. The Bertz CT molecular complexity index is 631. The average Bonchev–Trinajstić information content (AvgIpc) is 2.55. The standard InChI is InChI=1S/C19H21NO2/c1-2-3-5-10-17-13-18(20-15-21)11-12-19(17)22-14-16-8-6-4-7-9-16/h4,6-9,11-13H,2-3,5,10,14H2,1H3. The van der Waals surface area contributed by atoms with E-state index in [4.69, 9.17) is 4.74 Å². The minimum Gasteiger partial charge on any atom is -0.489 e. The van der Waals surface area contributed by atoms with Gasteiger partial charge in [-0.05, 0) is 42.2 Å². The third-order valence-corrected chi connectivity index (χ3v) is 3.51. The van der Waals surface area contributed by atoms with E-state index in [9.17, 15) is 4.79 Å². The van der Waals surface area contributed by atoms with Crippen LogP contribution in [0.15, 0.2) is 53.5 Å². The van der Waals surface area contributed by atoms with Crippen molar-refractivity contribution in [1.82, 2.24) is 0 Å². The molecule has 2 aromatic rings. The predicted octanol–water partition coefficient (Wildman–Crippen LogP) is 4.97. The number of rotatable bonds is 8. The SMILES string of the molecule is CCCCCc1cc(N=C=O)ccc1OCc1ccccc1. The van der Waals surface area contributed by atoms with Crippen LogP contribution in [-0.4, -0.2) is 6.08 Å². The largest absolute Gasteiger partial charge is 0.489 e. The van der Waals surface area contributed by atoms with E-state index in [2.05, 4.69) is 11.9 Å². The van der Waals surface area contributed by atoms with Gasteiger partial charge < -0.3 is 4.74 Å². The van der Waals surface area contributed by atoms with Gasteiger partial charge in [-0.25, -0.2) is 4.79 Å². The number of unbranched alkanes of at least 4 members (excludes halogenated alkanes) is 2. The Hall–Kier alpha value is -2.38. The third kappa shape index (κ3) is 4.87. The van der Waals surface area contributed by atoms with Crippen LogP contribution in [0.2, 0.25) is 0 Å². The van der Waals surface area contributed by atoms with Gasteiger partial charge in [0.2, 0.25) is 6.08 Å². The van der Waals surface area contributed by atoms with Gasteiger partial charge in [0.1, 0.15) is 12.4 Å². The highest BCUT2D eigenvalue weighted by atomic mass is 16.5. The molecule has 0 atom stereocenters. The van der Waals surface area contributed by atoms with Gasteiger partial charge in [-0.3, -0.25) is 0 Å². The molecule has 0 aliphatic heterocycles. The zero-order valence-electron chi connectivity index (χ0n) is 12.9. The zero-order chi connectivity index (χ0) is 15.6. The van der Waals surface area contributed by atoms with E-state index < -0.39 is 0 Å². The van der Waals surface area contributed by atoms with Gasteiger partial charge in [-0.15, -0.1) is 0 Å². The van der Waals surface area contributed by atoms with Crippen molar-refractivity contribution in [2.75, 3.05) is 0 Å². The van der Waals surface area contributed by atoms with Gasteiger partial charge >= 0.3 is 0 Å². The fourth-order valence-corrected chi connectivity index (χ4v) is 2.33. The number of hydrogen-bond acceptors (Lipinski definition) is 3. The Balaban J connectivity index is 2.11. The number of aryl methyl sites for hydroxylation is 1. The molecule has 0 unspecified atom stereocenters. The number of nitrogens with zero attached hydrogens (tertiary/aromatic N) is 1. The second-order valence-electron chi connectivity index (χ2n) is 5.23. The molecule has 0 bridgehead atoms. The van der Waals surface area contributed by atoms with Crippen LogP contribution in [0, 0.1) is 0 Å². The van der Waals surface area contributed by atoms with E-state index in [1.807, 2.05) is 42.5 Å². The van der Waals surface area contributed by atoms with Crippen molar-refractivity contribution in [3.63, 3.8) is 0 Å². The zero-order valence-corrected chi connectivity index (χ0v) is 12.9. The second kappa shape index (κ2) is 8.81. The molecule has 22 heavy (non-hydrogen) atoms. The summed E-state index contributed by atoms with van der Waals surface area (Å²) in [7, 11) is 0. The summed E-state index contributed by atoms with van der Waals surface area (Å²) in [5, 5.41) is 0. The lowest BCUT2D eigenvalue weighted by Gasteiger charge is -2.12. The lowest BCUT2D eigenvalue weighted by Crippen LogP contribution is -1.99. The van der Waals surface area contributed by atoms with Crippen LogP contribution in [0.4, 0.5) is 5.69 Å². The van der Waals surface area contributed by atoms with E-state index in [1.54, 1.807) is 12.1 Å². The van der Waals surface area contributed by atoms with Crippen molar-refractivity contribution < 1.29 is 9.53 Å². The first-order chi connectivity index (χ1) is 10.8. The van der Waals surface area contributed by atoms with Gasteiger partial charge in [0, 0.05) is 0 Å². The molecule has 0 amide bonds. The molecule has 0 fully saturated rings. The molecule has 0 saturated heterocycles. The maximum Gasteiger partial charge on any atom is 0.240 e. The van der Waals surface area contributed by atoms with Crippen molar-refractivity contribution in [2.24, 2.45) is 4.99 Å². The average molecular weight is 295 g/mol. The van der Waals surface area contributed by atoms with Crippen molar-refractivity contribution in [3.8, 4) is 5.75 Å². The number of hydrogen-bond donors (Lipinski definition) is 0. The summed E-state index contributed by atoms with van der Waals surface area (Å²) in [6.45, 7) is 2.72. The minimum atomic E-state index is 0.540. The minimum absolute atomic E-state index is 0.540. The molecule has 114 valence electrons. The molecule has 0 aliphatic carbocycles. The van der Waals surface area contributed by atoms with Crippen molar-refractivity contribution in [3.05, 3.63) is 59.7 Å². The van der Waals surface area contributed by atoms with Crippen LogP contribution >= 0.6 is 0 Å². The van der Waals surface area contributed by atoms with Crippen molar-refractivity contribution >= 4 is 11.8 Å². The summed E-state index contributed by atoms with van der Waals surface area (Å²) in [6.07, 6.45) is 5.98. The summed E-state index contributed by atoms with van der Waals surface area (Å²) in [6, 6.07) is 15.7. The summed E-state index contributed by atoms with van der Waals surface area (Å²) in [4.78, 5) is 14.1. The first-order valence-electron chi connectivity index (χ1n) is 7.71. The van der Waals surface area contributed by atoms with E-state index in [0.717, 1.165) is 29.7 Å². The molecule has 0 heterocycles. The Kier molecular flexibility index (Phi) is 6.40. The molecule has 0 radical (unpaired) electrons. The van der Waals surface area contributed by atoms with Gasteiger partial charge in [-0.1, -0.05) is 50.1 Å². The normalized spacial score (nSPS) is 10.0. The Morgan fingerprint density at radius 3 is 2.64 bits per heavy atom. The van der Waals surface area contributed by atoms with Gasteiger partial charge in [0.05, 0.1) is 5.69 Å². The summed E-state index contributed by atoms with van der Waals surface area (Å²) in [5.41, 5.74) is 2.87. The van der Waals surface area contributed by atoms with Crippen LogP contribution in [0.1, 0.15) is 37.3 Å². The molecule has 3 nitrogen and oxygen atoms in total. The van der Waals surface area contributed by atoms with Crippen molar-refractivity contribution in [2.45, 2.75) is 39.2 Å². The molecule has 2 aromatic carbocycles. The van der Waals surface area contributed by atoms with Gasteiger partial charge in [-0.2, -0.15) is 4.99 Å². The Morgan fingerprint density at radius 1 is 1.09 bits per heavy atom. The highest BCUT2D eigenvalue weighted by Crippen LogP contribution is 2.27. The molecule has 3 heteroatoms. The first kappa shape index (κ1) is 16.0. The van der Waals surface area contributed by atoms with Gasteiger partial charge in [0.15, 0.2) is 0 Å². The second-order valence-corrected chi connectivity index (χ2v) is 5.23. The summed E-state index contributed by atoms with van der Waals surface area (Å²) in [5.74, 6) is 0.866. The molecular weight excluding hydrogens is 274 g/mol. The van der Waals surface area contributed by atoms with Crippen LogP contribution < -0.4 is 4.74 Å². The van der Waals surface area contributed by atoms with Crippen LogP contribution in [0.5, 0.6) is 5.75 Å². The first-order valence-corrected chi connectivity index (χ1v) is 7.71. The quantitative estimate of drug-likeness (QED) is 0.392. The van der Waals surface area contributed by atoms with E-state index in [1.165, 1.54) is 12.8 Å². The van der Waals surface area contributed by atoms with Crippen LogP contribution in [0.3, 0.4) is 0 Å². The fourth-order valence-electron chi connectivity index (χ4n) is 2.33. The van der Waals surface area contributed by atoms with Gasteiger partial charge in [0.25, 0.3) is 0 Å². The molecule has 0 aromatic heterocycles. The monoisotopic (exact) mass is 295 g/mol. The van der Waals surface area contributed by atoms with Crippen LogP contribution in [0.25, 0.3) is 0 Å². The molecule has 0 spiro atoms. The molecule has 0 N–H and O–H groups in total. The summed E-state index contributed by atoms with van der Waals surface area (Å²) >= 11 is 0. The van der Waals surface area contributed by atoms with E-state index in [0.29, 0.717) is 12.3 Å². The molecule has 0 saturated carbocycles. The number of carbonyl (C=O) groups excluding carboxylic acids is 1. The highest BCUT2D eigenvalue weighted by molar-refractivity contribution is 5.53. The lowest BCUT2D eigenvalue weighted by molar-refractivity contribution is 0.302. The maximum atomic E-state index is 10.4. The number of benzene rings is 2. The number of isocyanates is 1. The smallest absolute Gasteiger partial charge is 0.240 e. The molecular formula is C19H21NO2. The van der Waals surface area contributed by atoms with Crippen LogP contribution in [-0.2, 0) is 17.8 Å². The molecule has 0 aliphatic rings. The Morgan fingerprint density at radius 2 is 1.91 bits per heavy atom. The lowest BCUT2D eigenvalue weighted by atomic mass is 10.1. The number of ether oxygens (including phenoxy) is 1. The maximum absolute atomic E-state index is 10.4. The van der Waals surface area contributed by atoms with E-state index in [-0.39, 0.29) is 0 Å². The fraction of sp³-hybridized carbons (Fsp3) is 0.316.